The smallest absolute Gasteiger partial charge is 0.291 e. The zero-order chi connectivity index (χ0) is 20.4. The maximum Gasteiger partial charge on any atom is 0.291 e. The molecule has 0 saturated carbocycles. The van der Waals surface area contributed by atoms with Gasteiger partial charge in [0, 0.05) is 31.6 Å². The molecular weight excluding hydrogens is 370 g/mol. The molecule has 4 heterocycles. The molecule has 1 saturated heterocycles. The highest BCUT2D eigenvalue weighted by molar-refractivity contribution is 5.82. The van der Waals surface area contributed by atoms with Crippen molar-refractivity contribution >= 4 is 22.5 Å². The lowest BCUT2D eigenvalue weighted by Crippen LogP contribution is -2.38. The van der Waals surface area contributed by atoms with Crippen LogP contribution in [-0.4, -0.2) is 51.2 Å². The number of aryl methyl sites for hydroxylation is 1. The second kappa shape index (κ2) is 8.41. The van der Waals surface area contributed by atoms with E-state index in [1.807, 2.05) is 17.4 Å². The fourth-order valence-corrected chi connectivity index (χ4v) is 4.27. The van der Waals surface area contributed by atoms with E-state index in [1.54, 1.807) is 12.3 Å². The number of furan rings is 1. The summed E-state index contributed by atoms with van der Waals surface area (Å²) < 4.78 is 8.49. The Labute approximate surface area is 169 Å². The van der Waals surface area contributed by atoms with Crippen molar-refractivity contribution in [1.82, 2.24) is 24.4 Å². The van der Waals surface area contributed by atoms with Crippen molar-refractivity contribution in [3.05, 3.63) is 34.6 Å². The summed E-state index contributed by atoms with van der Waals surface area (Å²) in [5, 5.41) is 7.35. The zero-order valence-electron chi connectivity index (χ0n) is 17.2. The van der Waals surface area contributed by atoms with E-state index in [1.165, 1.54) is 17.5 Å². The lowest BCUT2D eigenvalue weighted by Gasteiger charge is -2.30. The number of nitrogens with zero attached hydrogens (tertiary/aromatic N) is 4. The molecule has 4 rings (SSSR count). The van der Waals surface area contributed by atoms with Crippen molar-refractivity contribution in [3.63, 3.8) is 0 Å². The molecule has 1 N–H and O–H groups in total. The Bertz CT molecular complexity index is 1060. The number of carbonyl (C=O) groups excluding carboxylic acids is 1. The van der Waals surface area contributed by atoms with Crippen molar-refractivity contribution < 1.29 is 9.21 Å². The van der Waals surface area contributed by atoms with E-state index in [9.17, 15) is 9.59 Å². The number of nitrogens with one attached hydrogen (secondary N) is 1. The third kappa shape index (κ3) is 4.07. The Morgan fingerprint density at radius 3 is 3.03 bits per heavy atom. The van der Waals surface area contributed by atoms with Crippen LogP contribution in [0.5, 0.6) is 0 Å². The number of amides is 1. The van der Waals surface area contributed by atoms with Crippen LogP contribution in [0.25, 0.3) is 16.6 Å². The number of rotatable bonds is 7. The van der Waals surface area contributed by atoms with Gasteiger partial charge in [0.05, 0.1) is 11.8 Å². The van der Waals surface area contributed by atoms with E-state index in [0.29, 0.717) is 24.1 Å². The standard InChI is InChI=1S/C21H29N5O3/c1-3-19-23-25(21(28)17-12-18-16(26(17)19)7-11-29-18)14-20(27)22-8-5-10-24-9-4-6-15(2)13-24/h7,11-12,15H,3-6,8-10,13-14H2,1-2H3,(H,22,27). The zero-order valence-corrected chi connectivity index (χ0v) is 17.2. The molecule has 0 aliphatic carbocycles. The normalized spacial score (nSPS) is 17.9. The summed E-state index contributed by atoms with van der Waals surface area (Å²) in [5.74, 6) is 1.30. The van der Waals surface area contributed by atoms with Crippen LogP contribution in [0.15, 0.2) is 27.6 Å². The molecule has 8 heteroatoms. The van der Waals surface area contributed by atoms with Crippen LogP contribution in [0.2, 0.25) is 0 Å². The highest BCUT2D eigenvalue weighted by Crippen LogP contribution is 2.20. The molecule has 0 radical (unpaired) electrons. The van der Waals surface area contributed by atoms with Gasteiger partial charge < -0.3 is 14.6 Å². The molecule has 3 aromatic heterocycles. The first-order chi connectivity index (χ1) is 14.1. The van der Waals surface area contributed by atoms with E-state index < -0.39 is 0 Å². The van der Waals surface area contributed by atoms with Gasteiger partial charge in [0.2, 0.25) is 5.91 Å². The lowest BCUT2D eigenvalue weighted by molar-refractivity contribution is -0.121. The summed E-state index contributed by atoms with van der Waals surface area (Å²) in [6.07, 6.45) is 5.72. The van der Waals surface area contributed by atoms with Crippen LogP contribution in [0.1, 0.15) is 38.9 Å². The van der Waals surface area contributed by atoms with Gasteiger partial charge in [0.25, 0.3) is 5.56 Å². The number of hydrogen-bond acceptors (Lipinski definition) is 5. The fraction of sp³-hybridized carbons (Fsp3) is 0.571. The Hall–Kier alpha value is -2.61. The molecule has 1 unspecified atom stereocenters. The van der Waals surface area contributed by atoms with E-state index >= 15 is 0 Å². The number of likely N-dealkylation sites (tertiary alicyclic amines) is 1. The van der Waals surface area contributed by atoms with Crippen molar-refractivity contribution in [1.29, 1.82) is 0 Å². The van der Waals surface area contributed by atoms with Crippen LogP contribution in [0.3, 0.4) is 0 Å². The predicted octanol–water partition coefficient (Wildman–Crippen LogP) is 2.04. The molecular formula is C21H29N5O3. The second-order valence-electron chi connectivity index (χ2n) is 8.02. The Balaban J connectivity index is 1.39. The number of hydrogen-bond donors (Lipinski definition) is 1. The summed E-state index contributed by atoms with van der Waals surface area (Å²) in [7, 11) is 0. The highest BCUT2D eigenvalue weighted by atomic mass is 16.3. The van der Waals surface area contributed by atoms with E-state index in [0.717, 1.165) is 43.3 Å². The third-order valence-electron chi connectivity index (χ3n) is 5.69. The van der Waals surface area contributed by atoms with Crippen LogP contribution < -0.4 is 10.9 Å². The predicted molar refractivity (Wildman–Crippen MR) is 111 cm³/mol. The molecule has 8 nitrogen and oxygen atoms in total. The van der Waals surface area contributed by atoms with Crippen LogP contribution >= 0.6 is 0 Å². The minimum atomic E-state index is -0.286. The van der Waals surface area contributed by atoms with E-state index in [2.05, 4.69) is 22.2 Å². The van der Waals surface area contributed by atoms with Crippen LogP contribution in [-0.2, 0) is 17.8 Å². The second-order valence-corrected chi connectivity index (χ2v) is 8.02. The van der Waals surface area contributed by atoms with E-state index in [4.69, 9.17) is 4.42 Å². The molecule has 0 aromatic carbocycles. The van der Waals surface area contributed by atoms with E-state index in [-0.39, 0.29) is 18.0 Å². The summed E-state index contributed by atoms with van der Waals surface area (Å²) in [4.78, 5) is 27.7. The minimum Gasteiger partial charge on any atom is -0.463 e. The Morgan fingerprint density at radius 2 is 2.24 bits per heavy atom. The van der Waals surface area contributed by atoms with Crippen molar-refractivity contribution in [2.24, 2.45) is 5.92 Å². The molecule has 0 bridgehead atoms. The van der Waals surface area contributed by atoms with Crippen molar-refractivity contribution in [2.45, 2.75) is 46.1 Å². The Morgan fingerprint density at radius 1 is 1.38 bits per heavy atom. The summed E-state index contributed by atoms with van der Waals surface area (Å²) >= 11 is 0. The van der Waals surface area contributed by atoms with Crippen LogP contribution in [0.4, 0.5) is 0 Å². The Kier molecular flexibility index (Phi) is 5.71. The maximum absolute atomic E-state index is 12.8. The molecule has 156 valence electrons. The molecule has 3 aromatic rings. The SMILES string of the molecule is CCc1nn(CC(=O)NCCCN2CCCC(C)C2)c(=O)c2cc3occc3n12. The average molecular weight is 399 g/mol. The molecule has 1 atom stereocenters. The van der Waals surface area contributed by atoms with Gasteiger partial charge in [-0.05, 0) is 38.3 Å². The maximum atomic E-state index is 12.8. The van der Waals surface area contributed by atoms with Crippen molar-refractivity contribution in [3.8, 4) is 0 Å². The average Bonchev–Trinajstić information content (AvgIpc) is 3.29. The van der Waals surface area contributed by atoms with Crippen molar-refractivity contribution in [2.75, 3.05) is 26.2 Å². The molecule has 29 heavy (non-hydrogen) atoms. The number of carbonyl (C=O) groups is 1. The fourth-order valence-electron chi connectivity index (χ4n) is 4.27. The van der Waals surface area contributed by atoms with Crippen LogP contribution in [0, 0.1) is 5.92 Å². The highest BCUT2D eigenvalue weighted by Gasteiger charge is 2.17. The van der Waals surface area contributed by atoms with Gasteiger partial charge >= 0.3 is 0 Å². The minimum absolute atomic E-state index is 0.0738. The molecule has 1 amide bonds. The third-order valence-corrected chi connectivity index (χ3v) is 5.69. The van der Waals surface area contributed by atoms with Gasteiger partial charge in [0.1, 0.15) is 17.9 Å². The molecule has 1 fully saturated rings. The van der Waals surface area contributed by atoms with Gasteiger partial charge in [-0.1, -0.05) is 13.8 Å². The van der Waals surface area contributed by atoms with Gasteiger partial charge in [-0.2, -0.15) is 5.10 Å². The monoisotopic (exact) mass is 399 g/mol. The number of piperidine rings is 1. The summed E-state index contributed by atoms with van der Waals surface area (Å²) in [5.41, 5.74) is 1.67. The molecule has 0 spiro atoms. The van der Waals surface area contributed by atoms with Gasteiger partial charge in [-0.3, -0.25) is 14.0 Å². The van der Waals surface area contributed by atoms with Gasteiger partial charge in [-0.15, -0.1) is 0 Å². The lowest BCUT2D eigenvalue weighted by atomic mass is 10.0. The van der Waals surface area contributed by atoms with Gasteiger partial charge in [-0.25, -0.2) is 4.68 Å². The molecule has 1 aliphatic heterocycles. The largest absolute Gasteiger partial charge is 0.463 e. The number of aromatic nitrogens is 3. The first kappa shape index (κ1) is 19.7. The first-order valence-electron chi connectivity index (χ1n) is 10.5. The topological polar surface area (TPSA) is 84.8 Å². The molecule has 1 aliphatic rings. The first-order valence-corrected chi connectivity index (χ1v) is 10.5. The quantitative estimate of drug-likeness (QED) is 0.615. The summed E-state index contributed by atoms with van der Waals surface area (Å²) in [6, 6.07) is 3.54. The number of fused-ring (bicyclic) bond motifs is 3. The summed E-state index contributed by atoms with van der Waals surface area (Å²) in [6.45, 7) is 8.10. The van der Waals surface area contributed by atoms with Gasteiger partial charge in [0.15, 0.2) is 5.58 Å².